The summed E-state index contributed by atoms with van der Waals surface area (Å²) in [5.74, 6) is 3.31. The normalized spacial score (nSPS) is 23.8. The maximum absolute atomic E-state index is 2.65. The van der Waals surface area contributed by atoms with Crippen LogP contribution >= 0.6 is 11.3 Å². The van der Waals surface area contributed by atoms with E-state index in [0.29, 0.717) is 0 Å². The molecule has 4 bridgehead atoms. The number of rotatable bonds is 4. The molecule has 7 aromatic carbocycles. The van der Waals surface area contributed by atoms with E-state index in [4.69, 9.17) is 0 Å². The fourth-order valence-corrected chi connectivity index (χ4v) is 13.0. The van der Waals surface area contributed by atoms with Crippen LogP contribution in [0.4, 0.5) is 17.1 Å². The highest BCUT2D eigenvalue weighted by atomic mass is 32.1. The summed E-state index contributed by atoms with van der Waals surface area (Å²) in [6.07, 6.45) is 7.04. The molecule has 5 aliphatic rings. The predicted molar refractivity (Wildman–Crippen MR) is 220 cm³/mol. The van der Waals surface area contributed by atoms with Gasteiger partial charge in [0.05, 0.1) is 5.69 Å². The van der Waals surface area contributed by atoms with Gasteiger partial charge in [0.15, 0.2) is 0 Å². The highest BCUT2D eigenvalue weighted by Gasteiger charge is 2.61. The summed E-state index contributed by atoms with van der Waals surface area (Å²) in [4.78, 5) is 2.58. The van der Waals surface area contributed by atoms with Gasteiger partial charge in [0.2, 0.25) is 0 Å². The maximum Gasteiger partial charge on any atom is 0.0540 e. The molecule has 0 aliphatic heterocycles. The lowest BCUT2D eigenvalue weighted by molar-refractivity contribution is -0.0399. The smallest absolute Gasteiger partial charge is 0.0540 e. The Kier molecular flexibility index (Phi) is 6.17. The highest BCUT2D eigenvalue weighted by Crippen LogP contribution is 2.69. The van der Waals surface area contributed by atoms with Crippen LogP contribution in [0.25, 0.3) is 53.2 Å². The second-order valence-electron chi connectivity index (χ2n) is 16.1. The number of fused-ring (bicyclic) bond motifs is 7. The van der Waals surface area contributed by atoms with E-state index in [1.165, 1.54) is 102 Å². The molecule has 0 saturated heterocycles. The van der Waals surface area contributed by atoms with Gasteiger partial charge in [-0.25, -0.2) is 0 Å². The van der Waals surface area contributed by atoms with Crippen molar-refractivity contribution in [3.8, 4) is 22.3 Å². The lowest BCUT2D eigenvalue weighted by atomic mass is 9.43. The highest BCUT2D eigenvalue weighted by molar-refractivity contribution is 7.25. The minimum atomic E-state index is 0.121. The van der Waals surface area contributed by atoms with Gasteiger partial charge in [0, 0.05) is 42.3 Å². The molecule has 13 rings (SSSR count). The van der Waals surface area contributed by atoms with Gasteiger partial charge >= 0.3 is 0 Å². The van der Waals surface area contributed by atoms with Crippen LogP contribution in [0.2, 0.25) is 0 Å². The monoisotopic (exact) mass is 685 g/mol. The fourth-order valence-electron chi connectivity index (χ4n) is 11.9. The summed E-state index contributed by atoms with van der Waals surface area (Å²) in [7, 11) is 0. The lowest BCUT2D eigenvalue weighted by Crippen LogP contribution is -2.55. The van der Waals surface area contributed by atoms with Crippen molar-refractivity contribution in [2.24, 2.45) is 23.7 Å². The van der Waals surface area contributed by atoms with E-state index < -0.39 is 0 Å². The molecular formula is C50H39NS. The van der Waals surface area contributed by atoms with Crippen molar-refractivity contribution >= 4 is 59.3 Å². The molecule has 1 spiro atoms. The minimum absolute atomic E-state index is 0.121. The number of hydrogen-bond donors (Lipinski definition) is 0. The second-order valence-corrected chi connectivity index (χ2v) is 17.2. The average Bonchev–Trinajstić information content (AvgIpc) is 3.70. The Labute approximate surface area is 309 Å². The van der Waals surface area contributed by atoms with Crippen molar-refractivity contribution < 1.29 is 0 Å². The lowest BCUT2D eigenvalue weighted by Gasteiger charge is -2.61. The predicted octanol–water partition coefficient (Wildman–Crippen LogP) is 14.1. The number of hydrogen-bond acceptors (Lipinski definition) is 2. The largest absolute Gasteiger partial charge is 0.310 e. The molecule has 8 aromatic rings. The first-order valence-electron chi connectivity index (χ1n) is 19.3. The molecule has 1 heterocycles. The zero-order valence-corrected chi connectivity index (χ0v) is 30.0. The third-order valence-electron chi connectivity index (χ3n) is 13.6. The minimum Gasteiger partial charge on any atom is -0.310 e. The van der Waals surface area contributed by atoms with E-state index in [1.54, 1.807) is 11.1 Å². The zero-order valence-electron chi connectivity index (χ0n) is 29.1. The van der Waals surface area contributed by atoms with Crippen LogP contribution in [-0.4, -0.2) is 0 Å². The number of benzene rings is 7. The Morgan fingerprint density at radius 2 is 1.06 bits per heavy atom. The van der Waals surface area contributed by atoms with Crippen LogP contribution in [0, 0.1) is 23.7 Å². The molecule has 0 amide bonds. The molecule has 5 aliphatic carbocycles. The van der Waals surface area contributed by atoms with Crippen LogP contribution in [0.3, 0.4) is 0 Å². The van der Waals surface area contributed by atoms with Crippen molar-refractivity contribution in [1.82, 2.24) is 0 Å². The van der Waals surface area contributed by atoms with Crippen molar-refractivity contribution in [2.75, 3.05) is 4.90 Å². The summed E-state index contributed by atoms with van der Waals surface area (Å²) in [6.45, 7) is 0. The first-order valence-corrected chi connectivity index (χ1v) is 20.1. The van der Waals surface area contributed by atoms with Crippen LogP contribution < -0.4 is 4.90 Å². The Bertz CT molecular complexity index is 2690. The van der Waals surface area contributed by atoms with Gasteiger partial charge in [-0.1, -0.05) is 115 Å². The molecule has 1 nitrogen and oxygen atoms in total. The SMILES string of the molecule is c1ccc(-c2ccc(N(c3ccc4c(c3)C3(c5ccccc5-4)C4CC5CC(C4)CC3C5)c3ccc4c(c3)sc3ccccc34)c3ccccc23)cc1. The third-order valence-corrected chi connectivity index (χ3v) is 14.8. The van der Waals surface area contributed by atoms with Crippen molar-refractivity contribution in [2.45, 2.75) is 37.5 Å². The molecule has 2 heteroatoms. The Morgan fingerprint density at radius 3 is 1.88 bits per heavy atom. The van der Waals surface area contributed by atoms with E-state index in [2.05, 4.69) is 157 Å². The average molecular weight is 686 g/mol. The second kappa shape index (κ2) is 10.9. The number of anilines is 3. The summed E-state index contributed by atoms with van der Waals surface area (Å²) >= 11 is 1.91. The zero-order chi connectivity index (χ0) is 34.0. The maximum atomic E-state index is 2.65. The Hall–Kier alpha value is -5.18. The molecule has 4 fully saturated rings. The summed E-state index contributed by atoms with van der Waals surface area (Å²) < 4.78 is 2.68. The van der Waals surface area contributed by atoms with Crippen LogP contribution in [0.5, 0.6) is 0 Å². The van der Waals surface area contributed by atoms with Gasteiger partial charge in [0.25, 0.3) is 0 Å². The Balaban J connectivity index is 1.11. The number of nitrogens with zero attached hydrogens (tertiary/aromatic N) is 1. The van der Waals surface area contributed by atoms with E-state index in [1.807, 2.05) is 11.3 Å². The molecule has 0 N–H and O–H groups in total. The van der Waals surface area contributed by atoms with Gasteiger partial charge < -0.3 is 4.90 Å². The molecular weight excluding hydrogens is 647 g/mol. The van der Waals surface area contributed by atoms with E-state index in [0.717, 1.165) is 23.7 Å². The van der Waals surface area contributed by atoms with E-state index in [-0.39, 0.29) is 5.41 Å². The Morgan fingerprint density at radius 1 is 0.442 bits per heavy atom. The van der Waals surface area contributed by atoms with Gasteiger partial charge in [-0.05, 0) is 131 Å². The van der Waals surface area contributed by atoms with Crippen LogP contribution in [0.1, 0.15) is 43.2 Å². The van der Waals surface area contributed by atoms with Crippen molar-refractivity contribution in [1.29, 1.82) is 0 Å². The molecule has 1 aromatic heterocycles. The molecule has 250 valence electrons. The van der Waals surface area contributed by atoms with Gasteiger partial charge in [-0.3, -0.25) is 0 Å². The summed E-state index contributed by atoms with van der Waals surface area (Å²) in [5.41, 5.74) is 12.5. The van der Waals surface area contributed by atoms with E-state index in [9.17, 15) is 0 Å². The molecule has 4 saturated carbocycles. The molecule has 0 atom stereocenters. The standard InChI is InChI=1S/C50H39NS/c1-2-10-33(11-3-1)38-22-23-47(42-14-5-4-12-39(38)42)51(37-19-21-44-43-15-7-9-17-48(43)52-49(44)30-37)36-18-20-41-40-13-6-8-16-45(40)50(46(41)29-36)34-25-31-24-32(27-34)28-35(50)26-31/h1-23,29-32,34-35H,24-28H2. The first-order chi connectivity index (χ1) is 25.7. The van der Waals surface area contributed by atoms with Crippen LogP contribution in [-0.2, 0) is 5.41 Å². The summed E-state index contributed by atoms with van der Waals surface area (Å²) in [5, 5.41) is 5.24. The van der Waals surface area contributed by atoms with Gasteiger partial charge in [-0.2, -0.15) is 0 Å². The third kappa shape index (κ3) is 3.99. The van der Waals surface area contributed by atoms with Crippen molar-refractivity contribution in [3.63, 3.8) is 0 Å². The fraction of sp³-hybridized carbons (Fsp3) is 0.200. The van der Waals surface area contributed by atoms with E-state index >= 15 is 0 Å². The quantitative estimate of drug-likeness (QED) is 0.178. The number of thiophene rings is 1. The van der Waals surface area contributed by atoms with Crippen molar-refractivity contribution in [3.05, 3.63) is 163 Å². The van der Waals surface area contributed by atoms with Gasteiger partial charge in [-0.15, -0.1) is 11.3 Å². The topological polar surface area (TPSA) is 3.24 Å². The molecule has 52 heavy (non-hydrogen) atoms. The summed E-state index contributed by atoms with van der Waals surface area (Å²) in [6, 6.07) is 57.7. The first kappa shape index (κ1) is 29.4. The molecule has 0 unspecified atom stereocenters. The van der Waals surface area contributed by atoms with Crippen LogP contribution in [0.15, 0.2) is 152 Å². The van der Waals surface area contributed by atoms with Gasteiger partial charge in [0.1, 0.15) is 0 Å². The molecule has 0 radical (unpaired) electrons.